The number of pyridine rings is 1. The molecule has 1 fully saturated rings. The fourth-order valence-electron chi connectivity index (χ4n) is 7.44. The zero-order valence-corrected chi connectivity index (χ0v) is 31.9. The number of hydrogen-bond acceptors (Lipinski definition) is 7. The molecule has 0 radical (unpaired) electrons. The summed E-state index contributed by atoms with van der Waals surface area (Å²) in [4.78, 5) is 21.7. The van der Waals surface area contributed by atoms with Crippen molar-refractivity contribution in [1.29, 1.82) is 0 Å². The number of piperidine rings is 1. The van der Waals surface area contributed by atoms with Gasteiger partial charge in [0, 0.05) is 56.8 Å². The van der Waals surface area contributed by atoms with Gasteiger partial charge in [0.15, 0.2) is 5.82 Å². The van der Waals surface area contributed by atoms with E-state index in [-0.39, 0.29) is 11.9 Å². The van der Waals surface area contributed by atoms with E-state index in [1.54, 1.807) is 11.7 Å². The second kappa shape index (κ2) is 16.0. The fourth-order valence-corrected chi connectivity index (χ4v) is 7.44. The van der Waals surface area contributed by atoms with E-state index in [4.69, 9.17) is 24.3 Å². The van der Waals surface area contributed by atoms with Crippen LogP contribution in [0.5, 0.6) is 11.8 Å². The lowest BCUT2D eigenvalue weighted by molar-refractivity contribution is 0.00920. The Morgan fingerprint density at radius 1 is 0.889 bits per heavy atom. The standard InChI is InChI=1S/C44H50FN5O4/c1-30-26-50(43(51)54-44(2,3)4)25-22-34(30)27-49-23-20-33(21-24-49)35-16-17-36-40(47-48(5)41(36)39(35)45)37-18-19-38(52-28-31-12-8-6-9-13-31)46-42(37)53-29-32-14-10-7-11-15-32/h6-20,30,34H,21-29H2,1-5H3. The number of halogens is 1. The molecule has 0 aliphatic carbocycles. The first-order chi connectivity index (χ1) is 26.0. The Hall–Kier alpha value is -5.22. The SMILES string of the molecule is CC1CN(C(=O)OC(C)(C)C)CCC1CN1CC=C(c2ccc3c(-c4ccc(OCc5ccccc5)nc4OCc4ccccc4)nn(C)c3c2F)CC1. The summed E-state index contributed by atoms with van der Waals surface area (Å²) >= 11 is 0. The van der Waals surface area contributed by atoms with Crippen molar-refractivity contribution >= 4 is 22.6 Å². The third-order valence-electron chi connectivity index (χ3n) is 10.3. The molecule has 2 aliphatic rings. The summed E-state index contributed by atoms with van der Waals surface area (Å²) in [5.41, 5.74) is 4.85. The maximum Gasteiger partial charge on any atom is 0.410 e. The molecule has 282 valence electrons. The third kappa shape index (κ3) is 8.60. The van der Waals surface area contributed by atoms with Crippen molar-refractivity contribution in [3.05, 3.63) is 114 Å². The Kier molecular flexibility index (Phi) is 11.0. The Morgan fingerprint density at radius 2 is 1.57 bits per heavy atom. The van der Waals surface area contributed by atoms with Crippen molar-refractivity contribution < 1.29 is 23.4 Å². The van der Waals surface area contributed by atoms with Crippen LogP contribution in [0, 0.1) is 17.7 Å². The first kappa shape index (κ1) is 37.1. The average molecular weight is 732 g/mol. The van der Waals surface area contributed by atoms with Crippen molar-refractivity contribution in [3.63, 3.8) is 0 Å². The molecule has 10 heteroatoms. The van der Waals surface area contributed by atoms with Gasteiger partial charge in [-0.25, -0.2) is 9.18 Å². The van der Waals surface area contributed by atoms with Crippen LogP contribution in [0.1, 0.15) is 57.2 Å². The smallest absolute Gasteiger partial charge is 0.410 e. The predicted molar refractivity (Wildman–Crippen MR) is 210 cm³/mol. The summed E-state index contributed by atoms with van der Waals surface area (Å²) in [7, 11) is 1.78. The normalized spacial score (nSPS) is 18.0. The van der Waals surface area contributed by atoms with E-state index in [1.165, 1.54) is 0 Å². The number of likely N-dealkylation sites (tertiary alicyclic amines) is 1. The van der Waals surface area contributed by atoms with E-state index >= 15 is 4.39 Å². The zero-order valence-electron chi connectivity index (χ0n) is 31.9. The molecule has 0 saturated carbocycles. The van der Waals surface area contributed by atoms with Crippen molar-refractivity contribution in [2.45, 2.75) is 59.4 Å². The van der Waals surface area contributed by atoms with Crippen LogP contribution in [0.3, 0.4) is 0 Å². The third-order valence-corrected chi connectivity index (χ3v) is 10.3. The maximum atomic E-state index is 16.5. The van der Waals surface area contributed by atoms with Crippen LogP contribution in [0.15, 0.2) is 91.0 Å². The highest BCUT2D eigenvalue weighted by Crippen LogP contribution is 2.38. The van der Waals surface area contributed by atoms with Gasteiger partial charge in [-0.1, -0.05) is 79.7 Å². The lowest BCUT2D eigenvalue weighted by Crippen LogP contribution is -2.47. The topological polar surface area (TPSA) is 82.0 Å². The average Bonchev–Trinajstić information content (AvgIpc) is 3.51. The predicted octanol–water partition coefficient (Wildman–Crippen LogP) is 8.91. The molecule has 3 aromatic carbocycles. The number of amides is 1. The zero-order chi connectivity index (χ0) is 37.8. The van der Waals surface area contributed by atoms with Gasteiger partial charge in [-0.2, -0.15) is 10.1 Å². The highest BCUT2D eigenvalue weighted by Gasteiger charge is 2.33. The molecular weight excluding hydrogens is 682 g/mol. The number of nitrogens with zero attached hydrogens (tertiary/aromatic N) is 5. The van der Waals surface area contributed by atoms with Crippen LogP contribution >= 0.6 is 0 Å². The van der Waals surface area contributed by atoms with Crippen molar-refractivity contribution in [1.82, 2.24) is 24.6 Å². The molecule has 54 heavy (non-hydrogen) atoms. The number of aromatic nitrogens is 3. The highest BCUT2D eigenvalue weighted by atomic mass is 19.1. The fraction of sp³-hybridized carbons (Fsp3) is 0.386. The first-order valence-corrected chi connectivity index (χ1v) is 18.9. The highest BCUT2D eigenvalue weighted by molar-refractivity contribution is 5.96. The number of ether oxygens (including phenoxy) is 3. The Morgan fingerprint density at radius 3 is 2.22 bits per heavy atom. The maximum absolute atomic E-state index is 16.5. The van der Waals surface area contributed by atoms with Crippen LogP contribution in [-0.2, 0) is 25.0 Å². The van der Waals surface area contributed by atoms with E-state index in [9.17, 15) is 4.79 Å². The number of fused-ring (bicyclic) bond motifs is 1. The van der Waals surface area contributed by atoms with Gasteiger partial charge in [0.25, 0.3) is 0 Å². The van der Waals surface area contributed by atoms with E-state index in [0.29, 0.717) is 77.6 Å². The van der Waals surface area contributed by atoms with Crippen molar-refractivity contribution in [2.75, 3.05) is 32.7 Å². The summed E-state index contributed by atoms with van der Waals surface area (Å²) in [6, 6.07) is 27.4. The number of aryl methyl sites for hydroxylation is 1. The molecular formula is C44H50FN5O4. The molecule has 2 unspecified atom stereocenters. The van der Waals surface area contributed by atoms with E-state index in [2.05, 4.69) is 17.9 Å². The molecule has 1 amide bonds. The second-order valence-corrected chi connectivity index (χ2v) is 15.5. The van der Waals surface area contributed by atoms with E-state index in [1.807, 2.05) is 111 Å². The van der Waals surface area contributed by atoms with Gasteiger partial charge in [-0.05, 0) is 74.3 Å². The van der Waals surface area contributed by atoms with Crippen molar-refractivity contribution in [2.24, 2.45) is 18.9 Å². The molecule has 4 heterocycles. The van der Waals surface area contributed by atoms with E-state index < -0.39 is 5.60 Å². The number of carbonyl (C=O) groups excluding carboxylic acids is 1. The molecule has 0 bridgehead atoms. The Labute approximate surface area is 317 Å². The summed E-state index contributed by atoms with van der Waals surface area (Å²) < 4.78 is 36.1. The Bertz CT molecular complexity index is 2110. The van der Waals surface area contributed by atoms with Crippen LogP contribution in [-0.4, -0.2) is 69.0 Å². The van der Waals surface area contributed by atoms with Crippen LogP contribution in [0.25, 0.3) is 27.7 Å². The van der Waals surface area contributed by atoms with Gasteiger partial charge in [0.1, 0.15) is 30.0 Å². The van der Waals surface area contributed by atoms with Gasteiger partial charge in [0.2, 0.25) is 11.8 Å². The van der Waals surface area contributed by atoms with Gasteiger partial charge >= 0.3 is 6.09 Å². The summed E-state index contributed by atoms with van der Waals surface area (Å²) in [6.45, 7) is 12.6. The summed E-state index contributed by atoms with van der Waals surface area (Å²) in [5.74, 6) is 1.37. The lowest BCUT2D eigenvalue weighted by atomic mass is 9.86. The minimum atomic E-state index is -0.498. The quantitative estimate of drug-likeness (QED) is 0.142. The number of hydrogen-bond donors (Lipinski definition) is 0. The monoisotopic (exact) mass is 731 g/mol. The molecule has 7 rings (SSSR count). The number of rotatable bonds is 10. The second-order valence-electron chi connectivity index (χ2n) is 15.5. The van der Waals surface area contributed by atoms with Crippen LogP contribution < -0.4 is 9.47 Å². The molecule has 2 aromatic heterocycles. The molecule has 1 saturated heterocycles. The van der Waals surface area contributed by atoms with E-state index in [0.717, 1.165) is 49.2 Å². The number of benzene rings is 3. The van der Waals surface area contributed by atoms with Crippen LogP contribution in [0.2, 0.25) is 0 Å². The minimum Gasteiger partial charge on any atom is -0.473 e. The van der Waals surface area contributed by atoms with Gasteiger partial charge in [-0.15, -0.1) is 0 Å². The Balaban J connectivity index is 1.07. The van der Waals surface area contributed by atoms with Crippen molar-refractivity contribution in [3.8, 4) is 23.0 Å². The number of carbonyl (C=O) groups is 1. The first-order valence-electron chi connectivity index (χ1n) is 18.9. The molecule has 9 nitrogen and oxygen atoms in total. The minimum absolute atomic E-state index is 0.228. The summed E-state index contributed by atoms with van der Waals surface area (Å²) in [6.07, 6.45) is 3.64. The van der Waals surface area contributed by atoms with Gasteiger partial charge in [0.05, 0.1) is 5.56 Å². The van der Waals surface area contributed by atoms with Gasteiger partial charge < -0.3 is 19.1 Å². The lowest BCUT2D eigenvalue weighted by Gasteiger charge is -2.40. The molecule has 0 N–H and O–H groups in total. The van der Waals surface area contributed by atoms with Crippen LogP contribution in [0.4, 0.5) is 9.18 Å². The molecule has 5 aromatic rings. The summed E-state index contributed by atoms with van der Waals surface area (Å²) in [5, 5.41) is 5.51. The van der Waals surface area contributed by atoms with Gasteiger partial charge in [-0.3, -0.25) is 9.58 Å². The largest absolute Gasteiger partial charge is 0.473 e. The molecule has 2 aliphatic heterocycles. The molecule has 2 atom stereocenters. The molecule has 0 spiro atoms.